The molecule has 2 rings (SSSR count). The van der Waals surface area contributed by atoms with Crippen LogP contribution in [0.15, 0.2) is 22.7 Å². The Labute approximate surface area is 109 Å². The minimum absolute atomic E-state index is 0.0501. The summed E-state index contributed by atoms with van der Waals surface area (Å²) in [6.07, 6.45) is 0. The Hall–Kier alpha value is -1.07. The molecule has 5 heteroatoms. The largest absolute Gasteiger partial charge is 0.374 e. The smallest absolute Gasteiger partial charge is 0.246 e. The molecule has 0 fully saturated rings. The normalized spacial score (nSPS) is 15.5. The summed E-state index contributed by atoms with van der Waals surface area (Å²) in [4.78, 5) is 13.7. The number of carbonyl (C=O) groups excluding carboxylic acids is 1. The number of benzene rings is 1. The minimum atomic E-state index is -0.410. The zero-order valence-electron chi connectivity index (χ0n) is 9.96. The first-order chi connectivity index (χ1) is 7.87. The van der Waals surface area contributed by atoms with Gasteiger partial charge in [0.05, 0.1) is 17.9 Å². The molecule has 92 valence electrons. The molecule has 0 saturated carbocycles. The van der Waals surface area contributed by atoms with Gasteiger partial charge in [-0.1, -0.05) is 15.9 Å². The molecule has 0 bridgehead atoms. The van der Waals surface area contributed by atoms with Crippen molar-refractivity contribution < 1.29 is 4.79 Å². The standard InChI is InChI=1S/C12H16BrN3O/c1-12(2,14)7-16-10-5-8(13)3-4-9(10)15-6-11(16)17/h3-5,15H,6-7,14H2,1-2H3. The summed E-state index contributed by atoms with van der Waals surface area (Å²) in [5.74, 6) is 0.0501. The van der Waals surface area contributed by atoms with Crippen LogP contribution >= 0.6 is 15.9 Å². The first-order valence-corrected chi connectivity index (χ1v) is 6.29. The highest BCUT2D eigenvalue weighted by Crippen LogP contribution is 2.32. The summed E-state index contributed by atoms with van der Waals surface area (Å²) in [7, 11) is 0. The van der Waals surface area contributed by atoms with Crippen molar-refractivity contribution in [3.63, 3.8) is 0 Å². The molecule has 0 aromatic heterocycles. The van der Waals surface area contributed by atoms with Crippen LogP contribution in [0.2, 0.25) is 0 Å². The summed E-state index contributed by atoms with van der Waals surface area (Å²) in [5.41, 5.74) is 7.44. The summed E-state index contributed by atoms with van der Waals surface area (Å²) in [6.45, 7) is 4.67. The lowest BCUT2D eigenvalue weighted by Crippen LogP contribution is -2.51. The summed E-state index contributed by atoms with van der Waals surface area (Å²) in [6, 6.07) is 5.85. The zero-order valence-corrected chi connectivity index (χ0v) is 11.5. The van der Waals surface area contributed by atoms with Gasteiger partial charge in [0.1, 0.15) is 0 Å². The SMILES string of the molecule is CC(C)(N)CN1C(=O)CNc2ccc(Br)cc21. The number of halogens is 1. The van der Waals surface area contributed by atoms with Crippen LogP contribution in [-0.4, -0.2) is 24.5 Å². The van der Waals surface area contributed by atoms with Crippen LogP contribution < -0.4 is 16.0 Å². The molecule has 0 unspecified atom stereocenters. The number of nitrogens with zero attached hydrogens (tertiary/aromatic N) is 1. The number of amides is 1. The molecular weight excluding hydrogens is 282 g/mol. The lowest BCUT2D eigenvalue weighted by molar-refractivity contribution is -0.117. The molecule has 0 saturated heterocycles. The monoisotopic (exact) mass is 297 g/mol. The van der Waals surface area contributed by atoms with Gasteiger partial charge in [0.25, 0.3) is 0 Å². The van der Waals surface area contributed by atoms with E-state index < -0.39 is 5.54 Å². The molecule has 0 radical (unpaired) electrons. The van der Waals surface area contributed by atoms with Crippen LogP contribution in [0.3, 0.4) is 0 Å². The number of nitrogens with one attached hydrogen (secondary N) is 1. The van der Waals surface area contributed by atoms with Gasteiger partial charge < -0.3 is 16.0 Å². The molecule has 0 aliphatic carbocycles. The highest BCUT2D eigenvalue weighted by Gasteiger charge is 2.27. The van der Waals surface area contributed by atoms with Gasteiger partial charge in [-0.15, -0.1) is 0 Å². The van der Waals surface area contributed by atoms with E-state index in [1.165, 1.54) is 0 Å². The van der Waals surface area contributed by atoms with Crippen LogP contribution in [0.1, 0.15) is 13.8 Å². The highest BCUT2D eigenvalue weighted by molar-refractivity contribution is 9.10. The van der Waals surface area contributed by atoms with Crippen molar-refractivity contribution in [3.05, 3.63) is 22.7 Å². The fraction of sp³-hybridized carbons (Fsp3) is 0.417. The molecule has 0 spiro atoms. The van der Waals surface area contributed by atoms with Crippen molar-refractivity contribution in [1.82, 2.24) is 0 Å². The second-order valence-electron chi connectivity index (χ2n) is 4.98. The molecule has 1 aromatic carbocycles. The predicted octanol–water partition coefficient (Wildman–Crippen LogP) is 1.94. The number of fused-ring (bicyclic) bond motifs is 1. The van der Waals surface area contributed by atoms with E-state index >= 15 is 0 Å². The average molecular weight is 298 g/mol. The van der Waals surface area contributed by atoms with Crippen molar-refractivity contribution in [2.24, 2.45) is 5.73 Å². The van der Waals surface area contributed by atoms with Crippen molar-refractivity contribution in [3.8, 4) is 0 Å². The van der Waals surface area contributed by atoms with E-state index in [-0.39, 0.29) is 5.91 Å². The van der Waals surface area contributed by atoms with E-state index in [1.54, 1.807) is 4.90 Å². The number of hydrogen-bond acceptors (Lipinski definition) is 3. The third-order valence-corrected chi connectivity index (χ3v) is 3.04. The van der Waals surface area contributed by atoms with Gasteiger partial charge in [0.15, 0.2) is 0 Å². The fourth-order valence-corrected chi connectivity index (χ4v) is 2.21. The number of anilines is 2. The number of nitrogens with two attached hydrogens (primary N) is 1. The van der Waals surface area contributed by atoms with E-state index in [0.29, 0.717) is 13.1 Å². The average Bonchev–Trinajstić information content (AvgIpc) is 2.21. The van der Waals surface area contributed by atoms with E-state index in [2.05, 4.69) is 21.2 Å². The number of hydrogen-bond donors (Lipinski definition) is 2. The number of carbonyl (C=O) groups is 1. The maximum Gasteiger partial charge on any atom is 0.246 e. The Balaban J connectivity index is 2.39. The first kappa shape index (κ1) is 12.4. The highest BCUT2D eigenvalue weighted by atomic mass is 79.9. The fourth-order valence-electron chi connectivity index (χ4n) is 1.86. The molecule has 1 aliphatic rings. The van der Waals surface area contributed by atoms with Gasteiger partial charge in [0.2, 0.25) is 5.91 Å². The molecule has 1 aromatic rings. The van der Waals surface area contributed by atoms with Crippen molar-refractivity contribution >= 4 is 33.2 Å². The third-order valence-electron chi connectivity index (χ3n) is 2.55. The maximum atomic E-state index is 11.9. The molecule has 3 N–H and O–H groups in total. The lowest BCUT2D eigenvalue weighted by Gasteiger charge is -2.34. The van der Waals surface area contributed by atoms with E-state index in [4.69, 9.17) is 5.73 Å². The Morgan fingerprint density at radius 3 is 2.88 bits per heavy atom. The van der Waals surface area contributed by atoms with Crippen LogP contribution in [0.5, 0.6) is 0 Å². The zero-order chi connectivity index (χ0) is 12.6. The second kappa shape index (κ2) is 4.31. The van der Waals surface area contributed by atoms with E-state index in [1.807, 2.05) is 32.0 Å². The quantitative estimate of drug-likeness (QED) is 0.877. The first-order valence-electron chi connectivity index (χ1n) is 5.49. The Bertz CT molecular complexity index is 454. The lowest BCUT2D eigenvalue weighted by atomic mass is 10.0. The minimum Gasteiger partial charge on any atom is -0.374 e. The van der Waals surface area contributed by atoms with Gasteiger partial charge in [-0.25, -0.2) is 0 Å². The number of rotatable bonds is 2. The van der Waals surface area contributed by atoms with Gasteiger partial charge in [-0.05, 0) is 32.0 Å². The van der Waals surface area contributed by atoms with Crippen LogP contribution in [0.4, 0.5) is 11.4 Å². The van der Waals surface area contributed by atoms with Crippen LogP contribution in [-0.2, 0) is 4.79 Å². The predicted molar refractivity (Wildman–Crippen MR) is 73.3 cm³/mol. The maximum absolute atomic E-state index is 11.9. The van der Waals surface area contributed by atoms with Crippen LogP contribution in [0.25, 0.3) is 0 Å². The molecule has 1 aliphatic heterocycles. The van der Waals surface area contributed by atoms with Gasteiger partial charge in [-0.2, -0.15) is 0 Å². The third kappa shape index (κ3) is 2.79. The van der Waals surface area contributed by atoms with Crippen molar-refractivity contribution in [1.29, 1.82) is 0 Å². The van der Waals surface area contributed by atoms with Crippen LogP contribution in [0, 0.1) is 0 Å². The molecule has 1 heterocycles. The van der Waals surface area contributed by atoms with Crippen molar-refractivity contribution in [2.75, 3.05) is 23.3 Å². The van der Waals surface area contributed by atoms with Gasteiger partial charge >= 0.3 is 0 Å². The Morgan fingerprint density at radius 1 is 1.53 bits per heavy atom. The molecule has 0 atom stereocenters. The summed E-state index contributed by atoms with van der Waals surface area (Å²) < 4.78 is 0.951. The molecular formula is C12H16BrN3O. The van der Waals surface area contributed by atoms with Gasteiger partial charge in [0, 0.05) is 16.6 Å². The van der Waals surface area contributed by atoms with Gasteiger partial charge in [-0.3, -0.25) is 4.79 Å². The van der Waals surface area contributed by atoms with Crippen molar-refractivity contribution in [2.45, 2.75) is 19.4 Å². The molecule has 17 heavy (non-hydrogen) atoms. The van der Waals surface area contributed by atoms with E-state index in [0.717, 1.165) is 15.8 Å². The van der Waals surface area contributed by atoms with E-state index in [9.17, 15) is 4.79 Å². The second-order valence-corrected chi connectivity index (χ2v) is 5.90. The Morgan fingerprint density at radius 2 is 2.24 bits per heavy atom. The molecule has 4 nitrogen and oxygen atoms in total. The Kier molecular flexibility index (Phi) is 3.14. The molecule has 1 amide bonds. The summed E-state index contributed by atoms with van der Waals surface area (Å²) in [5, 5.41) is 3.10. The summed E-state index contributed by atoms with van der Waals surface area (Å²) >= 11 is 3.42. The topological polar surface area (TPSA) is 58.4 Å².